The molecule has 0 N–H and O–H groups in total. The van der Waals surface area contributed by atoms with Gasteiger partial charge in [-0.05, 0) is 0 Å². The number of ether oxygens (including phenoxy) is 3. The second kappa shape index (κ2) is 12.4. The SMILES string of the molecule is COCCOCCN(CCC#N)CCOC. The number of rotatable bonds is 11. The highest BCUT2D eigenvalue weighted by Gasteiger charge is 2.03. The van der Waals surface area contributed by atoms with Crippen molar-refractivity contribution in [3.63, 3.8) is 0 Å². The molecule has 0 amide bonds. The maximum Gasteiger partial charge on any atom is 0.0700 e. The van der Waals surface area contributed by atoms with Gasteiger partial charge in [0.05, 0.1) is 32.5 Å². The molecule has 0 saturated carbocycles. The van der Waals surface area contributed by atoms with Gasteiger partial charge in [-0.3, -0.25) is 4.90 Å². The Kier molecular flexibility index (Phi) is 11.9. The minimum absolute atomic E-state index is 0.543. The molecular formula is C11H22N2O3. The van der Waals surface area contributed by atoms with E-state index in [1.54, 1.807) is 14.2 Å². The van der Waals surface area contributed by atoms with E-state index in [4.69, 9.17) is 19.5 Å². The molecule has 0 unspecified atom stereocenters. The maximum absolute atomic E-state index is 8.53. The lowest BCUT2D eigenvalue weighted by Crippen LogP contribution is -2.32. The molecule has 94 valence electrons. The van der Waals surface area contributed by atoms with E-state index in [0.717, 1.165) is 19.6 Å². The van der Waals surface area contributed by atoms with Crippen LogP contribution in [-0.2, 0) is 14.2 Å². The summed E-state index contributed by atoms with van der Waals surface area (Å²) in [5.74, 6) is 0. The van der Waals surface area contributed by atoms with Gasteiger partial charge >= 0.3 is 0 Å². The van der Waals surface area contributed by atoms with Crippen molar-refractivity contribution >= 4 is 0 Å². The average Bonchev–Trinajstić information content (AvgIpc) is 2.31. The van der Waals surface area contributed by atoms with Crippen molar-refractivity contribution in [2.45, 2.75) is 6.42 Å². The van der Waals surface area contributed by atoms with E-state index in [0.29, 0.717) is 32.8 Å². The first-order valence-corrected chi connectivity index (χ1v) is 5.50. The van der Waals surface area contributed by atoms with Crippen LogP contribution in [0.25, 0.3) is 0 Å². The van der Waals surface area contributed by atoms with Crippen molar-refractivity contribution in [2.75, 3.05) is 60.3 Å². The van der Waals surface area contributed by atoms with Gasteiger partial charge in [0.15, 0.2) is 0 Å². The Morgan fingerprint density at radius 1 is 0.938 bits per heavy atom. The van der Waals surface area contributed by atoms with Gasteiger partial charge in [0.25, 0.3) is 0 Å². The van der Waals surface area contributed by atoms with Crippen LogP contribution < -0.4 is 0 Å². The summed E-state index contributed by atoms with van der Waals surface area (Å²) in [4.78, 5) is 2.17. The van der Waals surface area contributed by atoms with E-state index in [-0.39, 0.29) is 0 Å². The molecule has 0 saturated heterocycles. The van der Waals surface area contributed by atoms with E-state index in [1.807, 2.05) is 0 Å². The van der Waals surface area contributed by atoms with Crippen molar-refractivity contribution in [3.8, 4) is 6.07 Å². The molecule has 0 rings (SSSR count). The second-order valence-corrected chi connectivity index (χ2v) is 3.35. The zero-order valence-corrected chi connectivity index (χ0v) is 10.3. The fourth-order valence-corrected chi connectivity index (χ4v) is 1.20. The number of hydrogen-bond acceptors (Lipinski definition) is 5. The maximum atomic E-state index is 8.53. The fourth-order valence-electron chi connectivity index (χ4n) is 1.20. The van der Waals surface area contributed by atoms with Crippen molar-refractivity contribution in [1.82, 2.24) is 4.90 Å². The van der Waals surface area contributed by atoms with E-state index in [9.17, 15) is 0 Å². The fraction of sp³-hybridized carbons (Fsp3) is 0.909. The largest absolute Gasteiger partial charge is 0.383 e. The summed E-state index contributed by atoms with van der Waals surface area (Å²) in [6.07, 6.45) is 0.543. The Labute approximate surface area is 97.9 Å². The van der Waals surface area contributed by atoms with Crippen LogP contribution in [0.4, 0.5) is 0 Å². The quantitative estimate of drug-likeness (QED) is 0.484. The molecule has 16 heavy (non-hydrogen) atoms. The molecule has 0 spiro atoms. The highest BCUT2D eigenvalue weighted by molar-refractivity contribution is 4.72. The molecule has 0 radical (unpaired) electrons. The van der Waals surface area contributed by atoms with Crippen LogP contribution in [0.5, 0.6) is 0 Å². The van der Waals surface area contributed by atoms with Crippen molar-refractivity contribution in [2.24, 2.45) is 0 Å². The highest BCUT2D eigenvalue weighted by atomic mass is 16.5. The summed E-state index contributed by atoms with van der Waals surface area (Å²) >= 11 is 0. The molecule has 0 aromatic rings. The molecule has 0 aliphatic carbocycles. The predicted octanol–water partition coefficient (Wildman–Crippen LogP) is 0.511. The molecule has 5 nitrogen and oxygen atoms in total. The summed E-state index contributed by atoms with van der Waals surface area (Å²) in [6, 6.07) is 2.14. The molecule has 0 aromatic heterocycles. The summed E-state index contributed by atoms with van der Waals surface area (Å²) in [5.41, 5.74) is 0. The summed E-state index contributed by atoms with van der Waals surface area (Å²) < 4.78 is 15.3. The van der Waals surface area contributed by atoms with Crippen LogP contribution in [0.1, 0.15) is 6.42 Å². The first-order chi connectivity index (χ1) is 7.85. The molecule has 0 aliphatic heterocycles. The first-order valence-electron chi connectivity index (χ1n) is 5.50. The van der Waals surface area contributed by atoms with Gasteiger partial charge in [-0.25, -0.2) is 0 Å². The van der Waals surface area contributed by atoms with Crippen molar-refractivity contribution in [3.05, 3.63) is 0 Å². The first kappa shape index (κ1) is 15.3. The third kappa shape index (κ3) is 9.87. The van der Waals surface area contributed by atoms with Crippen LogP contribution >= 0.6 is 0 Å². The summed E-state index contributed by atoms with van der Waals surface area (Å²) in [5, 5.41) is 8.53. The van der Waals surface area contributed by atoms with Gasteiger partial charge in [-0.2, -0.15) is 5.26 Å². The predicted molar refractivity (Wildman–Crippen MR) is 61.2 cm³/mol. The number of nitrogens with zero attached hydrogens (tertiary/aromatic N) is 2. The van der Waals surface area contributed by atoms with E-state index in [1.165, 1.54) is 0 Å². The van der Waals surface area contributed by atoms with Gasteiger partial charge < -0.3 is 14.2 Å². The Balaban J connectivity index is 3.53. The monoisotopic (exact) mass is 230 g/mol. The van der Waals surface area contributed by atoms with Gasteiger partial charge in [0.1, 0.15) is 0 Å². The van der Waals surface area contributed by atoms with Crippen LogP contribution in [0.15, 0.2) is 0 Å². The van der Waals surface area contributed by atoms with Crippen LogP contribution in [0, 0.1) is 11.3 Å². The molecule has 0 heterocycles. The van der Waals surface area contributed by atoms with Crippen LogP contribution in [0.3, 0.4) is 0 Å². The van der Waals surface area contributed by atoms with Gasteiger partial charge in [0.2, 0.25) is 0 Å². The number of nitriles is 1. The Morgan fingerprint density at radius 2 is 1.62 bits per heavy atom. The van der Waals surface area contributed by atoms with E-state index >= 15 is 0 Å². The summed E-state index contributed by atoms with van der Waals surface area (Å²) in [7, 11) is 3.33. The Bertz CT molecular complexity index is 183. The lowest BCUT2D eigenvalue weighted by molar-refractivity contribution is 0.0526. The van der Waals surface area contributed by atoms with Crippen molar-refractivity contribution < 1.29 is 14.2 Å². The van der Waals surface area contributed by atoms with Gasteiger partial charge in [-0.1, -0.05) is 0 Å². The van der Waals surface area contributed by atoms with Crippen molar-refractivity contribution in [1.29, 1.82) is 5.26 Å². The number of methoxy groups -OCH3 is 2. The van der Waals surface area contributed by atoms with Crippen LogP contribution in [-0.4, -0.2) is 65.2 Å². The molecule has 0 aliphatic rings. The average molecular weight is 230 g/mol. The van der Waals surface area contributed by atoms with Crippen LogP contribution in [0.2, 0.25) is 0 Å². The third-order valence-electron chi connectivity index (χ3n) is 2.14. The molecule has 0 atom stereocenters. The zero-order chi connectivity index (χ0) is 12.1. The Morgan fingerprint density at radius 3 is 2.25 bits per heavy atom. The smallest absolute Gasteiger partial charge is 0.0700 e. The minimum Gasteiger partial charge on any atom is -0.383 e. The third-order valence-corrected chi connectivity index (χ3v) is 2.14. The molecule has 0 bridgehead atoms. The van der Waals surface area contributed by atoms with Gasteiger partial charge in [0, 0.05) is 40.3 Å². The Hall–Kier alpha value is -0.670. The standard InChI is InChI=1S/C11H22N2O3/c1-14-8-6-13(5-3-4-12)7-9-16-11-10-15-2/h3,5-11H2,1-2H3. The normalized spacial score (nSPS) is 10.6. The number of hydrogen-bond donors (Lipinski definition) is 0. The summed E-state index contributed by atoms with van der Waals surface area (Å²) in [6.45, 7) is 5.03. The lowest BCUT2D eigenvalue weighted by Gasteiger charge is -2.20. The second-order valence-electron chi connectivity index (χ2n) is 3.35. The molecule has 5 heteroatoms. The highest BCUT2D eigenvalue weighted by Crippen LogP contribution is 1.92. The minimum atomic E-state index is 0.543. The zero-order valence-electron chi connectivity index (χ0n) is 10.3. The van der Waals surface area contributed by atoms with E-state index in [2.05, 4.69) is 11.0 Å². The molecule has 0 fully saturated rings. The van der Waals surface area contributed by atoms with E-state index < -0.39 is 0 Å². The molecule has 0 aromatic carbocycles. The molecular weight excluding hydrogens is 208 g/mol. The van der Waals surface area contributed by atoms with Gasteiger partial charge in [-0.15, -0.1) is 0 Å². The lowest BCUT2D eigenvalue weighted by atomic mass is 10.4. The topological polar surface area (TPSA) is 54.7 Å².